The third-order valence-corrected chi connectivity index (χ3v) is 3.21. The molecule has 0 aliphatic carbocycles. The molecule has 20 heavy (non-hydrogen) atoms. The van der Waals surface area contributed by atoms with E-state index in [4.69, 9.17) is 5.11 Å². The molecule has 0 fully saturated rings. The lowest BCUT2D eigenvalue weighted by Crippen LogP contribution is -2.08. The standard InChI is InChI=1S/C16H20N2O2/c1-11(2)6-5-9-17-15-13-8-4-3-7-12(13)10-14(18-15)16(19)20/h3-4,7-8,10-11H,5-6,9H2,1-2H3,(H,17,18)(H,19,20). The van der Waals surface area contributed by atoms with Gasteiger partial charge in [0, 0.05) is 11.9 Å². The van der Waals surface area contributed by atoms with E-state index < -0.39 is 5.97 Å². The van der Waals surface area contributed by atoms with E-state index in [2.05, 4.69) is 24.1 Å². The Labute approximate surface area is 118 Å². The number of rotatable bonds is 6. The Balaban J connectivity index is 2.23. The number of nitrogens with zero attached hydrogens (tertiary/aromatic N) is 1. The number of fused-ring (bicyclic) bond motifs is 1. The van der Waals surface area contributed by atoms with Gasteiger partial charge in [0.1, 0.15) is 5.82 Å². The minimum absolute atomic E-state index is 0.0788. The second-order valence-electron chi connectivity index (χ2n) is 5.35. The van der Waals surface area contributed by atoms with E-state index in [1.54, 1.807) is 6.07 Å². The molecule has 0 bridgehead atoms. The van der Waals surface area contributed by atoms with Crippen LogP contribution in [-0.2, 0) is 0 Å². The lowest BCUT2D eigenvalue weighted by atomic mass is 10.1. The summed E-state index contributed by atoms with van der Waals surface area (Å²) in [5.74, 6) is 0.331. The monoisotopic (exact) mass is 272 g/mol. The summed E-state index contributed by atoms with van der Waals surface area (Å²) in [5.41, 5.74) is 0.0788. The van der Waals surface area contributed by atoms with Gasteiger partial charge in [-0.2, -0.15) is 0 Å². The van der Waals surface area contributed by atoms with Gasteiger partial charge in [0.05, 0.1) is 0 Å². The van der Waals surface area contributed by atoms with E-state index in [1.807, 2.05) is 24.3 Å². The minimum Gasteiger partial charge on any atom is -0.477 e. The normalized spacial score (nSPS) is 10.9. The number of benzene rings is 1. The molecule has 0 atom stereocenters. The molecule has 4 nitrogen and oxygen atoms in total. The maximum absolute atomic E-state index is 11.1. The van der Waals surface area contributed by atoms with Crippen molar-refractivity contribution < 1.29 is 9.90 Å². The molecule has 106 valence electrons. The van der Waals surface area contributed by atoms with Crippen molar-refractivity contribution in [3.05, 3.63) is 36.0 Å². The van der Waals surface area contributed by atoms with Crippen LogP contribution in [0.3, 0.4) is 0 Å². The average Bonchev–Trinajstić information content (AvgIpc) is 2.42. The zero-order chi connectivity index (χ0) is 14.5. The fraction of sp³-hybridized carbons (Fsp3) is 0.375. The summed E-state index contributed by atoms with van der Waals surface area (Å²) in [6.07, 6.45) is 2.19. The number of pyridine rings is 1. The first-order valence-electron chi connectivity index (χ1n) is 6.95. The summed E-state index contributed by atoms with van der Waals surface area (Å²) in [6, 6.07) is 9.30. The number of nitrogens with one attached hydrogen (secondary N) is 1. The Bertz CT molecular complexity index is 608. The lowest BCUT2D eigenvalue weighted by Gasteiger charge is -2.11. The fourth-order valence-corrected chi connectivity index (χ4v) is 2.16. The van der Waals surface area contributed by atoms with Crippen LogP contribution in [0.25, 0.3) is 10.8 Å². The molecule has 0 saturated heterocycles. The summed E-state index contributed by atoms with van der Waals surface area (Å²) in [4.78, 5) is 15.3. The van der Waals surface area contributed by atoms with Crippen LogP contribution in [-0.4, -0.2) is 22.6 Å². The zero-order valence-corrected chi connectivity index (χ0v) is 11.9. The van der Waals surface area contributed by atoms with E-state index in [0.29, 0.717) is 11.7 Å². The van der Waals surface area contributed by atoms with Crippen LogP contribution in [0.2, 0.25) is 0 Å². The highest BCUT2D eigenvalue weighted by Gasteiger charge is 2.10. The van der Waals surface area contributed by atoms with Gasteiger partial charge in [0.2, 0.25) is 0 Å². The number of aromatic carboxylic acids is 1. The zero-order valence-electron chi connectivity index (χ0n) is 11.9. The Morgan fingerprint density at radius 2 is 2.10 bits per heavy atom. The topological polar surface area (TPSA) is 62.2 Å². The fourth-order valence-electron chi connectivity index (χ4n) is 2.16. The van der Waals surface area contributed by atoms with Crippen molar-refractivity contribution in [2.75, 3.05) is 11.9 Å². The van der Waals surface area contributed by atoms with Crippen LogP contribution in [0.4, 0.5) is 5.82 Å². The maximum Gasteiger partial charge on any atom is 0.354 e. The molecule has 0 unspecified atom stereocenters. The van der Waals surface area contributed by atoms with Gasteiger partial charge in [-0.15, -0.1) is 0 Å². The molecule has 0 spiro atoms. The van der Waals surface area contributed by atoms with Crippen LogP contribution in [0.1, 0.15) is 37.2 Å². The van der Waals surface area contributed by atoms with Crippen molar-refractivity contribution in [3.63, 3.8) is 0 Å². The van der Waals surface area contributed by atoms with Gasteiger partial charge in [-0.05, 0) is 30.2 Å². The minimum atomic E-state index is -0.999. The maximum atomic E-state index is 11.1. The molecule has 4 heteroatoms. The molecule has 1 aromatic heterocycles. The third kappa shape index (κ3) is 3.47. The van der Waals surface area contributed by atoms with Crippen molar-refractivity contribution in [1.82, 2.24) is 4.98 Å². The second kappa shape index (κ2) is 6.37. The van der Waals surface area contributed by atoms with Crippen LogP contribution in [0.5, 0.6) is 0 Å². The van der Waals surface area contributed by atoms with Gasteiger partial charge in [-0.1, -0.05) is 38.1 Å². The first-order chi connectivity index (χ1) is 9.58. The highest BCUT2D eigenvalue weighted by molar-refractivity contribution is 5.97. The van der Waals surface area contributed by atoms with Crippen LogP contribution < -0.4 is 5.32 Å². The van der Waals surface area contributed by atoms with Crippen LogP contribution >= 0.6 is 0 Å². The molecule has 0 amide bonds. The van der Waals surface area contributed by atoms with Crippen molar-refractivity contribution in [2.45, 2.75) is 26.7 Å². The van der Waals surface area contributed by atoms with E-state index in [1.165, 1.54) is 0 Å². The molecule has 0 radical (unpaired) electrons. The molecule has 2 aromatic rings. The highest BCUT2D eigenvalue weighted by Crippen LogP contribution is 2.22. The molecule has 2 N–H and O–H groups in total. The Morgan fingerprint density at radius 1 is 1.35 bits per heavy atom. The number of carbonyl (C=O) groups is 1. The van der Waals surface area contributed by atoms with Gasteiger partial charge < -0.3 is 10.4 Å². The van der Waals surface area contributed by atoms with Gasteiger partial charge >= 0.3 is 5.97 Å². The molecule has 1 heterocycles. The summed E-state index contributed by atoms with van der Waals surface area (Å²) in [7, 11) is 0. The van der Waals surface area contributed by atoms with Crippen molar-refractivity contribution >= 4 is 22.6 Å². The molecule has 0 saturated carbocycles. The predicted octanol–water partition coefficient (Wildman–Crippen LogP) is 3.78. The van der Waals surface area contributed by atoms with E-state index in [9.17, 15) is 4.79 Å². The molecular formula is C16H20N2O2. The summed E-state index contributed by atoms with van der Waals surface area (Å²) >= 11 is 0. The van der Waals surface area contributed by atoms with Gasteiger partial charge in [0.25, 0.3) is 0 Å². The number of hydrogen-bond donors (Lipinski definition) is 2. The number of carboxylic acids is 1. The molecular weight excluding hydrogens is 252 g/mol. The van der Waals surface area contributed by atoms with E-state index in [0.717, 1.165) is 30.2 Å². The summed E-state index contributed by atoms with van der Waals surface area (Å²) in [6.45, 7) is 5.19. The Kier molecular flexibility index (Phi) is 4.56. The highest BCUT2D eigenvalue weighted by atomic mass is 16.4. The third-order valence-electron chi connectivity index (χ3n) is 3.21. The van der Waals surface area contributed by atoms with Crippen molar-refractivity contribution in [2.24, 2.45) is 5.92 Å². The molecule has 0 aliphatic heterocycles. The number of anilines is 1. The van der Waals surface area contributed by atoms with Gasteiger partial charge in [-0.3, -0.25) is 0 Å². The largest absolute Gasteiger partial charge is 0.477 e. The lowest BCUT2D eigenvalue weighted by molar-refractivity contribution is 0.0691. The smallest absolute Gasteiger partial charge is 0.354 e. The van der Waals surface area contributed by atoms with Gasteiger partial charge in [0.15, 0.2) is 5.69 Å². The number of carboxylic acid groups (broad SMARTS) is 1. The number of aromatic nitrogens is 1. The first-order valence-corrected chi connectivity index (χ1v) is 6.95. The van der Waals surface area contributed by atoms with Gasteiger partial charge in [-0.25, -0.2) is 9.78 Å². The molecule has 1 aromatic carbocycles. The SMILES string of the molecule is CC(C)CCCNc1nc(C(=O)O)cc2ccccc12. The molecule has 2 rings (SSSR count). The van der Waals surface area contributed by atoms with E-state index >= 15 is 0 Å². The predicted molar refractivity (Wildman–Crippen MR) is 81.3 cm³/mol. The van der Waals surface area contributed by atoms with Crippen LogP contribution in [0.15, 0.2) is 30.3 Å². The summed E-state index contributed by atoms with van der Waals surface area (Å²) < 4.78 is 0. The second-order valence-corrected chi connectivity index (χ2v) is 5.35. The average molecular weight is 272 g/mol. The Hall–Kier alpha value is -2.10. The summed E-state index contributed by atoms with van der Waals surface area (Å²) in [5, 5.41) is 14.2. The van der Waals surface area contributed by atoms with Crippen molar-refractivity contribution in [1.29, 1.82) is 0 Å². The van der Waals surface area contributed by atoms with Crippen LogP contribution in [0, 0.1) is 5.92 Å². The Morgan fingerprint density at radius 3 is 2.80 bits per heavy atom. The van der Waals surface area contributed by atoms with E-state index in [-0.39, 0.29) is 5.69 Å². The first kappa shape index (κ1) is 14.3. The van der Waals surface area contributed by atoms with Crippen molar-refractivity contribution in [3.8, 4) is 0 Å². The quantitative estimate of drug-likeness (QED) is 0.785. The number of hydrogen-bond acceptors (Lipinski definition) is 3. The molecule has 0 aliphatic rings.